The van der Waals surface area contributed by atoms with Crippen molar-refractivity contribution in [3.8, 4) is 0 Å². The Balaban J connectivity index is 1.80. The van der Waals surface area contributed by atoms with Crippen molar-refractivity contribution in [2.24, 2.45) is 0 Å². The predicted molar refractivity (Wildman–Crippen MR) is 82.7 cm³/mol. The van der Waals surface area contributed by atoms with Crippen LogP contribution in [-0.2, 0) is 6.54 Å². The highest BCUT2D eigenvalue weighted by molar-refractivity contribution is 6.33. The smallest absolute Gasteiger partial charge is 0.127 e. The highest BCUT2D eigenvalue weighted by atomic mass is 35.5. The van der Waals surface area contributed by atoms with E-state index in [1.54, 1.807) is 6.07 Å². The molecule has 0 spiro atoms. The van der Waals surface area contributed by atoms with Crippen LogP contribution < -0.4 is 5.32 Å². The SMILES string of the molecule is CN(CCNc1ccccc1Cl)Cc1ccccc1F. The van der Waals surface area contributed by atoms with Crippen molar-refractivity contribution in [2.75, 3.05) is 25.5 Å². The average Bonchev–Trinajstić information content (AvgIpc) is 2.43. The molecule has 0 unspecified atom stereocenters. The van der Waals surface area contributed by atoms with Crippen molar-refractivity contribution in [3.05, 3.63) is 64.9 Å². The van der Waals surface area contributed by atoms with Crippen molar-refractivity contribution in [1.29, 1.82) is 0 Å². The largest absolute Gasteiger partial charge is 0.383 e. The van der Waals surface area contributed by atoms with Crippen LogP contribution in [0, 0.1) is 5.82 Å². The summed E-state index contributed by atoms with van der Waals surface area (Å²) in [7, 11) is 1.97. The number of para-hydroxylation sites is 1. The van der Waals surface area contributed by atoms with E-state index in [0.29, 0.717) is 17.1 Å². The number of anilines is 1. The first-order valence-electron chi connectivity index (χ1n) is 6.57. The van der Waals surface area contributed by atoms with Crippen molar-refractivity contribution in [1.82, 2.24) is 4.90 Å². The van der Waals surface area contributed by atoms with E-state index in [1.165, 1.54) is 6.07 Å². The Morgan fingerprint density at radius 3 is 2.55 bits per heavy atom. The second-order valence-electron chi connectivity index (χ2n) is 4.74. The van der Waals surface area contributed by atoms with Gasteiger partial charge in [-0.05, 0) is 25.2 Å². The van der Waals surface area contributed by atoms with Crippen molar-refractivity contribution in [2.45, 2.75) is 6.54 Å². The van der Waals surface area contributed by atoms with Gasteiger partial charge in [-0.2, -0.15) is 0 Å². The summed E-state index contributed by atoms with van der Waals surface area (Å²) in [6.07, 6.45) is 0. The molecule has 106 valence electrons. The number of nitrogens with one attached hydrogen (secondary N) is 1. The third-order valence-corrected chi connectivity index (χ3v) is 3.41. The van der Waals surface area contributed by atoms with Gasteiger partial charge in [0.05, 0.1) is 10.7 Å². The highest BCUT2D eigenvalue weighted by Gasteiger charge is 2.05. The summed E-state index contributed by atoms with van der Waals surface area (Å²) < 4.78 is 13.5. The van der Waals surface area contributed by atoms with E-state index in [-0.39, 0.29) is 5.82 Å². The zero-order valence-electron chi connectivity index (χ0n) is 11.4. The molecular formula is C16H18ClFN2. The lowest BCUT2D eigenvalue weighted by Crippen LogP contribution is -2.25. The predicted octanol–water partition coefficient (Wildman–Crippen LogP) is 4.02. The van der Waals surface area contributed by atoms with E-state index in [9.17, 15) is 4.39 Å². The van der Waals surface area contributed by atoms with Crippen LogP contribution in [0.25, 0.3) is 0 Å². The molecule has 2 rings (SSSR count). The summed E-state index contributed by atoms with van der Waals surface area (Å²) in [6.45, 7) is 2.16. The molecular weight excluding hydrogens is 275 g/mol. The van der Waals surface area contributed by atoms with Crippen LogP contribution in [0.2, 0.25) is 5.02 Å². The van der Waals surface area contributed by atoms with Gasteiger partial charge < -0.3 is 10.2 Å². The highest BCUT2D eigenvalue weighted by Crippen LogP contribution is 2.19. The maximum atomic E-state index is 13.5. The molecule has 0 aromatic heterocycles. The quantitative estimate of drug-likeness (QED) is 0.865. The van der Waals surface area contributed by atoms with Crippen molar-refractivity contribution in [3.63, 3.8) is 0 Å². The molecule has 20 heavy (non-hydrogen) atoms. The van der Waals surface area contributed by atoms with E-state index in [1.807, 2.05) is 43.4 Å². The Labute approximate surface area is 124 Å². The van der Waals surface area contributed by atoms with E-state index in [4.69, 9.17) is 11.6 Å². The number of halogens is 2. The molecule has 0 saturated carbocycles. The third kappa shape index (κ3) is 4.22. The van der Waals surface area contributed by atoms with Crippen LogP contribution in [0.1, 0.15) is 5.56 Å². The Bertz CT molecular complexity index is 560. The number of nitrogens with zero attached hydrogens (tertiary/aromatic N) is 1. The normalized spacial score (nSPS) is 10.8. The zero-order valence-corrected chi connectivity index (χ0v) is 12.2. The fourth-order valence-corrected chi connectivity index (χ4v) is 2.19. The van der Waals surface area contributed by atoms with Crippen LogP contribution in [0.15, 0.2) is 48.5 Å². The molecule has 4 heteroatoms. The number of likely N-dealkylation sites (N-methyl/N-ethyl adjacent to an activating group) is 1. The first-order chi connectivity index (χ1) is 9.66. The van der Waals surface area contributed by atoms with E-state index < -0.39 is 0 Å². The summed E-state index contributed by atoms with van der Waals surface area (Å²) in [5.41, 5.74) is 1.64. The fraction of sp³-hybridized carbons (Fsp3) is 0.250. The van der Waals surface area contributed by atoms with Gasteiger partial charge in [0.25, 0.3) is 0 Å². The molecule has 0 atom stereocenters. The first-order valence-corrected chi connectivity index (χ1v) is 6.95. The Kier molecular flexibility index (Phi) is 5.39. The van der Waals surface area contributed by atoms with Gasteiger partial charge in [-0.25, -0.2) is 4.39 Å². The van der Waals surface area contributed by atoms with Gasteiger partial charge in [-0.15, -0.1) is 0 Å². The summed E-state index contributed by atoms with van der Waals surface area (Å²) in [6, 6.07) is 14.5. The van der Waals surface area contributed by atoms with E-state index >= 15 is 0 Å². The third-order valence-electron chi connectivity index (χ3n) is 3.08. The average molecular weight is 293 g/mol. The first kappa shape index (κ1) is 14.8. The topological polar surface area (TPSA) is 15.3 Å². The lowest BCUT2D eigenvalue weighted by molar-refractivity contribution is 0.334. The minimum Gasteiger partial charge on any atom is -0.383 e. The Morgan fingerprint density at radius 1 is 1.10 bits per heavy atom. The van der Waals surface area contributed by atoms with Crippen LogP contribution >= 0.6 is 11.6 Å². The molecule has 2 aromatic carbocycles. The minimum absolute atomic E-state index is 0.154. The number of rotatable bonds is 6. The van der Waals surface area contributed by atoms with Crippen LogP contribution in [0.4, 0.5) is 10.1 Å². The lowest BCUT2D eigenvalue weighted by Gasteiger charge is -2.18. The second kappa shape index (κ2) is 7.27. The molecule has 0 aliphatic heterocycles. The van der Waals surface area contributed by atoms with Gasteiger partial charge in [0, 0.05) is 25.2 Å². The van der Waals surface area contributed by atoms with Crippen LogP contribution in [0.5, 0.6) is 0 Å². The molecule has 0 saturated heterocycles. The number of hydrogen-bond acceptors (Lipinski definition) is 2. The van der Waals surface area contributed by atoms with Gasteiger partial charge in [-0.1, -0.05) is 41.9 Å². The minimum atomic E-state index is -0.154. The van der Waals surface area contributed by atoms with Crippen LogP contribution in [-0.4, -0.2) is 25.0 Å². The molecule has 0 bridgehead atoms. The maximum absolute atomic E-state index is 13.5. The number of hydrogen-bond donors (Lipinski definition) is 1. The molecule has 0 amide bonds. The summed E-state index contributed by atoms with van der Waals surface area (Å²) in [4.78, 5) is 2.07. The molecule has 1 N–H and O–H groups in total. The molecule has 0 heterocycles. The molecule has 0 aliphatic carbocycles. The summed E-state index contributed by atoms with van der Waals surface area (Å²) >= 11 is 6.06. The monoisotopic (exact) mass is 292 g/mol. The van der Waals surface area contributed by atoms with Gasteiger partial charge in [0.15, 0.2) is 0 Å². The van der Waals surface area contributed by atoms with E-state index in [0.717, 1.165) is 18.8 Å². The zero-order chi connectivity index (χ0) is 14.4. The Hall–Kier alpha value is -1.58. The van der Waals surface area contributed by atoms with Gasteiger partial charge in [0.1, 0.15) is 5.82 Å². The van der Waals surface area contributed by atoms with Gasteiger partial charge in [-0.3, -0.25) is 0 Å². The fourth-order valence-electron chi connectivity index (χ4n) is 1.98. The standard InChI is InChI=1S/C16H18ClFN2/c1-20(12-13-6-2-4-8-15(13)18)11-10-19-16-9-5-3-7-14(16)17/h2-9,19H,10-12H2,1H3. The maximum Gasteiger partial charge on any atom is 0.127 e. The molecule has 2 nitrogen and oxygen atoms in total. The van der Waals surface area contributed by atoms with Crippen molar-refractivity contribution < 1.29 is 4.39 Å². The van der Waals surface area contributed by atoms with Gasteiger partial charge >= 0.3 is 0 Å². The van der Waals surface area contributed by atoms with Gasteiger partial charge in [0.2, 0.25) is 0 Å². The Morgan fingerprint density at radius 2 is 1.80 bits per heavy atom. The van der Waals surface area contributed by atoms with Crippen LogP contribution in [0.3, 0.4) is 0 Å². The number of benzene rings is 2. The van der Waals surface area contributed by atoms with Crippen molar-refractivity contribution >= 4 is 17.3 Å². The molecule has 0 radical (unpaired) electrons. The molecule has 0 fully saturated rings. The molecule has 2 aromatic rings. The molecule has 0 aliphatic rings. The second-order valence-corrected chi connectivity index (χ2v) is 5.14. The lowest BCUT2D eigenvalue weighted by atomic mass is 10.2. The summed E-state index contributed by atoms with van der Waals surface area (Å²) in [5.74, 6) is -0.154. The summed E-state index contributed by atoms with van der Waals surface area (Å²) in [5, 5.41) is 3.99. The van der Waals surface area contributed by atoms with E-state index in [2.05, 4.69) is 10.2 Å².